The normalized spacial score (nSPS) is 17.6. The first-order valence-electron chi connectivity index (χ1n) is 6.72. The van der Waals surface area contributed by atoms with Crippen LogP contribution in [0, 0.1) is 0 Å². The van der Waals surface area contributed by atoms with Crippen LogP contribution >= 0.6 is 0 Å². The molecule has 0 radical (unpaired) electrons. The van der Waals surface area contributed by atoms with Gasteiger partial charge in [0.1, 0.15) is 12.4 Å². The minimum absolute atomic E-state index is 0.0210. The summed E-state index contributed by atoms with van der Waals surface area (Å²) in [4.78, 5) is 23.4. The Bertz CT molecular complexity index is 393. The predicted molar refractivity (Wildman–Crippen MR) is 73.8 cm³/mol. The Morgan fingerprint density at radius 3 is 2.14 bits per heavy atom. The summed E-state index contributed by atoms with van der Waals surface area (Å²) < 4.78 is 30.5. The molecule has 126 valence electrons. The third kappa shape index (κ3) is 5.38. The van der Waals surface area contributed by atoms with Gasteiger partial charge in [-0.15, -0.1) is 0 Å². The van der Waals surface area contributed by atoms with E-state index >= 15 is 0 Å². The van der Waals surface area contributed by atoms with E-state index in [9.17, 15) is 9.59 Å². The summed E-state index contributed by atoms with van der Waals surface area (Å²) in [5.41, 5.74) is -0.257. The SMILES string of the molecule is COCOC(C=C(C(=O)OC)C(=O)OC)CC1(C)OCCO1. The van der Waals surface area contributed by atoms with Gasteiger partial charge in [0.05, 0.1) is 33.5 Å². The van der Waals surface area contributed by atoms with Gasteiger partial charge in [-0.3, -0.25) is 0 Å². The van der Waals surface area contributed by atoms with Gasteiger partial charge in [-0.2, -0.15) is 0 Å². The highest BCUT2D eigenvalue weighted by Gasteiger charge is 2.35. The molecular formula is C14H22O8. The lowest BCUT2D eigenvalue weighted by Crippen LogP contribution is -2.33. The second kappa shape index (κ2) is 8.84. The number of esters is 2. The van der Waals surface area contributed by atoms with Crippen molar-refractivity contribution in [2.45, 2.75) is 25.2 Å². The minimum atomic E-state index is -0.855. The first-order chi connectivity index (χ1) is 10.5. The summed E-state index contributed by atoms with van der Waals surface area (Å²) in [7, 11) is 3.82. The molecule has 1 fully saturated rings. The Kier molecular flexibility index (Phi) is 7.46. The van der Waals surface area contributed by atoms with Crippen LogP contribution < -0.4 is 0 Å². The van der Waals surface area contributed by atoms with Crippen LogP contribution in [0.2, 0.25) is 0 Å². The molecule has 0 aromatic carbocycles. The fourth-order valence-electron chi connectivity index (χ4n) is 1.99. The van der Waals surface area contributed by atoms with Crippen molar-refractivity contribution in [3.05, 3.63) is 11.6 Å². The molecule has 0 spiro atoms. The van der Waals surface area contributed by atoms with E-state index in [1.165, 1.54) is 27.4 Å². The van der Waals surface area contributed by atoms with Crippen LogP contribution in [-0.2, 0) is 38.0 Å². The molecule has 1 unspecified atom stereocenters. The zero-order valence-corrected chi connectivity index (χ0v) is 13.2. The molecule has 1 atom stereocenters. The standard InChI is InChI=1S/C14H22O8/c1-14(21-5-6-22-14)8-10(20-9-17-2)7-11(12(15)18-3)13(16)19-4/h7,10H,5-6,8-9H2,1-4H3. The monoisotopic (exact) mass is 318 g/mol. The maximum Gasteiger partial charge on any atom is 0.345 e. The molecule has 0 bridgehead atoms. The average Bonchev–Trinajstić information content (AvgIpc) is 2.94. The smallest absolute Gasteiger partial charge is 0.345 e. The lowest BCUT2D eigenvalue weighted by atomic mass is 10.1. The minimum Gasteiger partial charge on any atom is -0.465 e. The van der Waals surface area contributed by atoms with Gasteiger partial charge in [0, 0.05) is 13.5 Å². The lowest BCUT2D eigenvalue weighted by molar-refractivity contribution is -0.173. The number of carbonyl (C=O) groups excluding carboxylic acids is 2. The third-order valence-electron chi connectivity index (χ3n) is 3.03. The topological polar surface area (TPSA) is 89.5 Å². The van der Waals surface area contributed by atoms with Crippen LogP contribution in [0.3, 0.4) is 0 Å². The van der Waals surface area contributed by atoms with E-state index in [4.69, 9.17) is 18.9 Å². The quantitative estimate of drug-likeness (QED) is 0.209. The highest BCUT2D eigenvalue weighted by atomic mass is 16.7. The van der Waals surface area contributed by atoms with Gasteiger partial charge >= 0.3 is 11.9 Å². The molecule has 1 aliphatic rings. The number of hydrogen-bond donors (Lipinski definition) is 0. The van der Waals surface area contributed by atoms with Gasteiger partial charge < -0.3 is 28.4 Å². The molecular weight excluding hydrogens is 296 g/mol. The summed E-state index contributed by atoms with van der Waals surface area (Å²) in [6.07, 6.45) is 0.942. The van der Waals surface area contributed by atoms with E-state index in [1.54, 1.807) is 6.92 Å². The zero-order chi connectivity index (χ0) is 16.6. The number of rotatable bonds is 8. The van der Waals surface area contributed by atoms with Crippen LogP contribution in [0.1, 0.15) is 13.3 Å². The average molecular weight is 318 g/mol. The molecule has 0 aliphatic carbocycles. The van der Waals surface area contributed by atoms with Crippen molar-refractivity contribution in [3.63, 3.8) is 0 Å². The second-order valence-corrected chi connectivity index (χ2v) is 4.71. The Morgan fingerprint density at radius 1 is 1.14 bits per heavy atom. The Hall–Kier alpha value is -1.48. The molecule has 0 saturated carbocycles. The Morgan fingerprint density at radius 2 is 1.68 bits per heavy atom. The number of ether oxygens (including phenoxy) is 6. The fourth-order valence-corrected chi connectivity index (χ4v) is 1.99. The highest BCUT2D eigenvalue weighted by Crippen LogP contribution is 2.26. The Balaban J connectivity index is 2.93. The van der Waals surface area contributed by atoms with Crippen LogP contribution in [0.15, 0.2) is 11.6 Å². The predicted octanol–water partition coefficient (Wildman–Crippen LogP) is 0.401. The fraction of sp³-hybridized carbons (Fsp3) is 0.714. The van der Waals surface area contributed by atoms with Crippen molar-refractivity contribution in [3.8, 4) is 0 Å². The maximum atomic E-state index is 11.7. The van der Waals surface area contributed by atoms with Crippen molar-refractivity contribution in [1.82, 2.24) is 0 Å². The summed E-state index contributed by atoms with van der Waals surface area (Å²) in [5.74, 6) is -2.47. The molecule has 1 heterocycles. The van der Waals surface area contributed by atoms with Gasteiger partial charge in [-0.1, -0.05) is 0 Å². The van der Waals surface area contributed by atoms with Crippen LogP contribution in [-0.4, -0.2) is 65.2 Å². The van der Waals surface area contributed by atoms with Gasteiger partial charge in [0.25, 0.3) is 0 Å². The first kappa shape index (κ1) is 18.6. The van der Waals surface area contributed by atoms with E-state index in [0.717, 1.165) is 0 Å². The second-order valence-electron chi connectivity index (χ2n) is 4.71. The van der Waals surface area contributed by atoms with Crippen LogP contribution in [0.4, 0.5) is 0 Å². The zero-order valence-electron chi connectivity index (χ0n) is 13.2. The molecule has 8 heteroatoms. The van der Waals surface area contributed by atoms with E-state index in [-0.39, 0.29) is 18.8 Å². The maximum absolute atomic E-state index is 11.7. The highest BCUT2D eigenvalue weighted by molar-refractivity contribution is 6.14. The molecule has 0 aromatic heterocycles. The van der Waals surface area contributed by atoms with Crippen molar-refractivity contribution in [1.29, 1.82) is 0 Å². The molecule has 1 aliphatic heterocycles. The molecule has 1 rings (SSSR count). The lowest BCUT2D eigenvalue weighted by Gasteiger charge is -2.26. The first-order valence-corrected chi connectivity index (χ1v) is 6.72. The van der Waals surface area contributed by atoms with E-state index in [0.29, 0.717) is 13.2 Å². The summed E-state index contributed by atoms with van der Waals surface area (Å²) in [5, 5.41) is 0. The van der Waals surface area contributed by atoms with Crippen molar-refractivity contribution in [2.24, 2.45) is 0 Å². The number of carbonyl (C=O) groups is 2. The van der Waals surface area contributed by atoms with Crippen molar-refractivity contribution >= 4 is 11.9 Å². The molecule has 0 aromatic rings. The largest absolute Gasteiger partial charge is 0.465 e. The third-order valence-corrected chi connectivity index (χ3v) is 3.03. The number of hydrogen-bond acceptors (Lipinski definition) is 8. The summed E-state index contributed by atoms with van der Waals surface area (Å²) in [6.45, 7) is 2.68. The Labute approximate surface area is 129 Å². The van der Waals surface area contributed by atoms with Crippen molar-refractivity contribution < 1.29 is 38.0 Å². The van der Waals surface area contributed by atoms with Crippen LogP contribution in [0.5, 0.6) is 0 Å². The van der Waals surface area contributed by atoms with Gasteiger partial charge in [0.15, 0.2) is 5.79 Å². The molecule has 0 amide bonds. The van der Waals surface area contributed by atoms with Gasteiger partial charge in [-0.05, 0) is 13.0 Å². The van der Waals surface area contributed by atoms with E-state index in [1.807, 2.05) is 0 Å². The van der Waals surface area contributed by atoms with Crippen molar-refractivity contribution in [2.75, 3.05) is 41.3 Å². The molecule has 1 saturated heterocycles. The molecule has 22 heavy (non-hydrogen) atoms. The van der Waals surface area contributed by atoms with E-state index < -0.39 is 23.8 Å². The summed E-state index contributed by atoms with van der Waals surface area (Å²) >= 11 is 0. The van der Waals surface area contributed by atoms with Gasteiger partial charge in [-0.25, -0.2) is 9.59 Å². The molecule has 0 N–H and O–H groups in total. The van der Waals surface area contributed by atoms with Gasteiger partial charge in [0.2, 0.25) is 0 Å². The molecule has 8 nitrogen and oxygen atoms in total. The van der Waals surface area contributed by atoms with Crippen LogP contribution in [0.25, 0.3) is 0 Å². The summed E-state index contributed by atoms with van der Waals surface area (Å²) in [6, 6.07) is 0. The van der Waals surface area contributed by atoms with E-state index in [2.05, 4.69) is 9.47 Å². The number of methoxy groups -OCH3 is 3.